The number of imidazole rings is 1. The van der Waals surface area contributed by atoms with Crippen LogP contribution in [0.1, 0.15) is 5.56 Å². The zero-order valence-corrected chi connectivity index (χ0v) is 11.7. The standard InChI is InChI=1S/C13H11BrN4O/c1-6-4-7(14)5-9-11(6)18-12(17-9)10-8(15)2-3-16-13(10)19/h2-5H,1H3,(H,17,18)(H3,15,16,19). The van der Waals surface area contributed by atoms with Gasteiger partial charge in [-0.3, -0.25) is 4.79 Å². The fraction of sp³-hybridized carbons (Fsp3) is 0.0769. The number of aromatic amines is 2. The Morgan fingerprint density at radius 1 is 1.37 bits per heavy atom. The third-order valence-corrected chi connectivity index (χ3v) is 3.43. The normalized spacial score (nSPS) is 11.1. The van der Waals surface area contributed by atoms with Gasteiger partial charge in [0.15, 0.2) is 0 Å². The Morgan fingerprint density at radius 3 is 2.89 bits per heavy atom. The number of rotatable bonds is 1. The highest BCUT2D eigenvalue weighted by molar-refractivity contribution is 9.10. The van der Waals surface area contributed by atoms with E-state index in [0.717, 1.165) is 21.1 Å². The zero-order chi connectivity index (χ0) is 13.6. The summed E-state index contributed by atoms with van der Waals surface area (Å²) in [5.74, 6) is 0.482. The maximum Gasteiger partial charge on any atom is 0.261 e. The van der Waals surface area contributed by atoms with Crippen LogP contribution in [0.3, 0.4) is 0 Å². The summed E-state index contributed by atoms with van der Waals surface area (Å²) in [5.41, 5.74) is 9.10. The number of hydrogen-bond donors (Lipinski definition) is 3. The van der Waals surface area contributed by atoms with Crippen LogP contribution in [0.15, 0.2) is 33.7 Å². The summed E-state index contributed by atoms with van der Waals surface area (Å²) in [4.78, 5) is 22.1. The molecule has 5 nitrogen and oxygen atoms in total. The quantitative estimate of drug-likeness (QED) is 0.644. The predicted octanol–water partition coefficient (Wildman–Crippen LogP) is 2.57. The molecule has 6 heteroatoms. The molecule has 0 unspecified atom stereocenters. The van der Waals surface area contributed by atoms with Gasteiger partial charge in [-0.25, -0.2) is 4.98 Å². The van der Waals surface area contributed by atoms with Gasteiger partial charge < -0.3 is 15.7 Å². The lowest BCUT2D eigenvalue weighted by atomic mass is 10.2. The first-order chi connectivity index (χ1) is 9.06. The van der Waals surface area contributed by atoms with Crippen molar-refractivity contribution in [2.75, 3.05) is 5.73 Å². The molecule has 0 bridgehead atoms. The van der Waals surface area contributed by atoms with Gasteiger partial charge in [-0.2, -0.15) is 0 Å². The van der Waals surface area contributed by atoms with E-state index in [2.05, 4.69) is 30.9 Å². The SMILES string of the molecule is Cc1cc(Br)cc2[nH]c(-c3c(N)cc[nH]c3=O)nc12. The van der Waals surface area contributed by atoms with Crippen molar-refractivity contribution in [2.45, 2.75) is 6.92 Å². The lowest BCUT2D eigenvalue weighted by Crippen LogP contribution is -2.11. The van der Waals surface area contributed by atoms with E-state index in [1.54, 1.807) is 6.07 Å². The van der Waals surface area contributed by atoms with Gasteiger partial charge in [0.25, 0.3) is 5.56 Å². The molecular formula is C13H11BrN4O. The summed E-state index contributed by atoms with van der Waals surface area (Å²) in [5, 5.41) is 0. The maximum atomic E-state index is 11.9. The van der Waals surface area contributed by atoms with Crippen molar-refractivity contribution in [3.8, 4) is 11.4 Å². The summed E-state index contributed by atoms with van der Waals surface area (Å²) >= 11 is 3.44. The van der Waals surface area contributed by atoms with Crippen LogP contribution in [0.5, 0.6) is 0 Å². The number of halogens is 1. The molecule has 2 aromatic heterocycles. The Balaban J connectivity index is 2.33. The average molecular weight is 319 g/mol. The molecule has 0 aliphatic carbocycles. The second-order valence-corrected chi connectivity index (χ2v) is 5.26. The molecule has 96 valence electrons. The molecular weight excluding hydrogens is 308 g/mol. The first kappa shape index (κ1) is 12.0. The molecule has 0 saturated heterocycles. The number of aryl methyl sites for hydroxylation is 1. The van der Waals surface area contributed by atoms with Crippen molar-refractivity contribution < 1.29 is 0 Å². The highest BCUT2D eigenvalue weighted by Crippen LogP contribution is 2.26. The first-order valence-corrected chi connectivity index (χ1v) is 6.49. The topological polar surface area (TPSA) is 87.6 Å². The van der Waals surface area contributed by atoms with Crippen LogP contribution in [0.2, 0.25) is 0 Å². The van der Waals surface area contributed by atoms with Crippen molar-refractivity contribution >= 4 is 32.7 Å². The van der Waals surface area contributed by atoms with E-state index in [-0.39, 0.29) is 5.56 Å². The number of fused-ring (bicyclic) bond motifs is 1. The van der Waals surface area contributed by atoms with Crippen LogP contribution in [-0.4, -0.2) is 15.0 Å². The Bertz CT molecular complexity index is 834. The molecule has 0 aliphatic rings. The number of aromatic nitrogens is 3. The Kier molecular flexibility index (Phi) is 2.67. The summed E-state index contributed by atoms with van der Waals surface area (Å²) in [6.45, 7) is 1.97. The number of nitrogens with one attached hydrogen (secondary N) is 2. The Morgan fingerprint density at radius 2 is 2.16 bits per heavy atom. The number of pyridine rings is 1. The van der Waals surface area contributed by atoms with Gasteiger partial charge in [0, 0.05) is 16.4 Å². The molecule has 0 fully saturated rings. The van der Waals surface area contributed by atoms with Crippen LogP contribution in [0.25, 0.3) is 22.4 Å². The molecule has 0 saturated carbocycles. The average Bonchev–Trinajstić information content (AvgIpc) is 2.72. The van der Waals surface area contributed by atoms with E-state index in [1.807, 2.05) is 19.1 Å². The van der Waals surface area contributed by atoms with E-state index in [4.69, 9.17) is 5.73 Å². The van der Waals surface area contributed by atoms with Crippen LogP contribution in [-0.2, 0) is 0 Å². The summed E-state index contributed by atoms with van der Waals surface area (Å²) in [6, 6.07) is 5.55. The van der Waals surface area contributed by atoms with E-state index >= 15 is 0 Å². The smallest absolute Gasteiger partial charge is 0.261 e. The molecule has 0 atom stereocenters. The predicted molar refractivity (Wildman–Crippen MR) is 79.0 cm³/mol. The molecule has 3 rings (SSSR count). The second-order valence-electron chi connectivity index (χ2n) is 4.34. The van der Waals surface area contributed by atoms with Crippen LogP contribution in [0, 0.1) is 6.92 Å². The molecule has 0 radical (unpaired) electrons. The van der Waals surface area contributed by atoms with Crippen molar-refractivity contribution in [2.24, 2.45) is 0 Å². The minimum atomic E-state index is -0.254. The second kappa shape index (κ2) is 4.24. The van der Waals surface area contributed by atoms with Crippen LogP contribution >= 0.6 is 15.9 Å². The van der Waals surface area contributed by atoms with Gasteiger partial charge >= 0.3 is 0 Å². The number of benzene rings is 1. The van der Waals surface area contributed by atoms with Crippen molar-refractivity contribution in [1.82, 2.24) is 15.0 Å². The Labute approximate surface area is 117 Å². The van der Waals surface area contributed by atoms with E-state index < -0.39 is 0 Å². The lowest BCUT2D eigenvalue weighted by molar-refractivity contribution is 1.21. The van der Waals surface area contributed by atoms with Gasteiger partial charge in [-0.05, 0) is 30.7 Å². The van der Waals surface area contributed by atoms with E-state index in [9.17, 15) is 4.79 Å². The molecule has 4 N–H and O–H groups in total. The molecule has 2 heterocycles. The number of hydrogen-bond acceptors (Lipinski definition) is 3. The minimum absolute atomic E-state index is 0.254. The fourth-order valence-corrected chi connectivity index (χ4v) is 2.68. The number of H-pyrrole nitrogens is 2. The number of nitrogens with two attached hydrogens (primary N) is 1. The third-order valence-electron chi connectivity index (χ3n) is 2.97. The molecule has 0 amide bonds. The third kappa shape index (κ3) is 1.94. The molecule has 19 heavy (non-hydrogen) atoms. The lowest BCUT2D eigenvalue weighted by Gasteiger charge is -1.99. The molecule has 0 spiro atoms. The summed E-state index contributed by atoms with van der Waals surface area (Å²) in [6.07, 6.45) is 1.52. The number of anilines is 1. The summed E-state index contributed by atoms with van der Waals surface area (Å²) < 4.78 is 0.961. The first-order valence-electron chi connectivity index (χ1n) is 5.69. The maximum absolute atomic E-state index is 11.9. The van der Waals surface area contributed by atoms with Crippen molar-refractivity contribution in [3.63, 3.8) is 0 Å². The highest BCUT2D eigenvalue weighted by atomic mass is 79.9. The van der Waals surface area contributed by atoms with Crippen molar-refractivity contribution in [1.29, 1.82) is 0 Å². The monoisotopic (exact) mass is 318 g/mol. The fourth-order valence-electron chi connectivity index (χ4n) is 2.10. The minimum Gasteiger partial charge on any atom is -0.398 e. The Hall–Kier alpha value is -2.08. The number of nitrogen functional groups attached to an aromatic ring is 1. The zero-order valence-electron chi connectivity index (χ0n) is 10.1. The number of nitrogens with zero attached hydrogens (tertiary/aromatic N) is 1. The largest absolute Gasteiger partial charge is 0.398 e. The van der Waals surface area contributed by atoms with Gasteiger partial charge in [0.1, 0.15) is 11.4 Å². The molecule has 3 aromatic rings. The molecule has 1 aromatic carbocycles. The van der Waals surface area contributed by atoms with Crippen LogP contribution in [0.4, 0.5) is 5.69 Å². The van der Waals surface area contributed by atoms with E-state index in [1.165, 1.54) is 6.20 Å². The summed E-state index contributed by atoms with van der Waals surface area (Å²) in [7, 11) is 0. The van der Waals surface area contributed by atoms with E-state index in [0.29, 0.717) is 17.1 Å². The van der Waals surface area contributed by atoms with Crippen LogP contribution < -0.4 is 11.3 Å². The highest BCUT2D eigenvalue weighted by Gasteiger charge is 2.13. The van der Waals surface area contributed by atoms with Gasteiger partial charge in [0.2, 0.25) is 0 Å². The van der Waals surface area contributed by atoms with Gasteiger partial charge in [-0.15, -0.1) is 0 Å². The van der Waals surface area contributed by atoms with Crippen molar-refractivity contribution in [3.05, 3.63) is 44.8 Å². The molecule has 0 aliphatic heterocycles. The van der Waals surface area contributed by atoms with Gasteiger partial charge in [-0.1, -0.05) is 15.9 Å². The van der Waals surface area contributed by atoms with Gasteiger partial charge in [0.05, 0.1) is 11.0 Å².